The van der Waals surface area contributed by atoms with E-state index in [-0.39, 0.29) is 6.04 Å². The molecule has 0 saturated carbocycles. The molecule has 2 unspecified atom stereocenters. The van der Waals surface area contributed by atoms with Gasteiger partial charge in [0, 0.05) is 11.3 Å². The minimum atomic E-state index is 0.261. The van der Waals surface area contributed by atoms with Gasteiger partial charge in [0.1, 0.15) is 0 Å². The number of benzene rings is 1. The lowest BCUT2D eigenvalue weighted by Gasteiger charge is -2.11. The summed E-state index contributed by atoms with van der Waals surface area (Å²) in [6.07, 6.45) is 1.03. The summed E-state index contributed by atoms with van der Waals surface area (Å²) in [6, 6.07) is 8.53. The van der Waals surface area contributed by atoms with Crippen LogP contribution in [-0.4, -0.2) is 16.3 Å². The van der Waals surface area contributed by atoms with Crippen LogP contribution < -0.4 is 5.73 Å². The number of hydrogen-bond acceptors (Lipinski definition) is 4. The maximum absolute atomic E-state index is 5.79. The van der Waals surface area contributed by atoms with Gasteiger partial charge in [0.05, 0.1) is 10.2 Å². The zero-order valence-electron chi connectivity index (χ0n) is 9.51. The highest BCUT2D eigenvalue weighted by molar-refractivity contribution is 8.01. The fourth-order valence-corrected chi connectivity index (χ4v) is 4.19. The van der Waals surface area contributed by atoms with E-state index in [4.69, 9.17) is 5.73 Å². The minimum absolute atomic E-state index is 0.261. The highest BCUT2D eigenvalue weighted by Crippen LogP contribution is 2.32. The third kappa shape index (κ3) is 2.97. The Morgan fingerprint density at radius 3 is 2.81 bits per heavy atom. The molecule has 0 amide bonds. The summed E-state index contributed by atoms with van der Waals surface area (Å²) in [5.41, 5.74) is 6.89. The topological polar surface area (TPSA) is 38.9 Å². The predicted molar refractivity (Wildman–Crippen MR) is 73.2 cm³/mol. The Balaban J connectivity index is 2.09. The second kappa shape index (κ2) is 5.17. The standard InChI is InChI=1S/C12H16N2S2/c1-8(13)7-9(2)15-12-14-10-5-3-4-6-11(10)16-12/h3-6,8-9H,7,13H2,1-2H3. The van der Waals surface area contributed by atoms with Gasteiger partial charge in [-0.3, -0.25) is 0 Å². The Morgan fingerprint density at radius 1 is 1.38 bits per heavy atom. The van der Waals surface area contributed by atoms with Crippen molar-refractivity contribution >= 4 is 33.3 Å². The molecule has 2 aromatic rings. The van der Waals surface area contributed by atoms with Gasteiger partial charge in [-0.25, -0.2) is 4.98 Å². The smallest absolute Gasteiger partial charge is 0.151 e. The maximum Gasteiger partial charge on any atom is 0.151 e. The van der Waals surface area contributed by atoms with Crippen LogP contribution in [0.15, 0.2) is 28.6 Å². The molecule has 0 fully saturated rings. The van der Waals surface area contributed by atoms with Crippen LogP contribution in [0.2, 0.25) is 0 Å². The van der Waals surface area contributed by atoms with Gasteiger partial charge in [0.25, 0.3) is 0 Å². The van der Waals surface area contributed by atoms with Crippen LogP contribution in [0.3, 0.4) is 0 Å². The monoisotopic (exact) mass is 252 g/mol. The summed E-state index contributed by atoms with van der Waals surface area (Å²) in [4.78, 5) is 4.60. The van der Waals surface area contributed by atoms with Crippen LogP contribution in [-0.2, 0) is 0 Å². The number of thiazole rings is 1. The van der Waals surface area contributed by atoms with E-state index in [1.165, 1.54) is 4.70 Å². The van der Waals surface area contributed by atoms with E-state index in [0.29, 0.717) is 5.25 Å². The van der Waals surface area contributed by atoms with Crippen LogP contribution in [0.5, 0.6) is 0 Å². The van der Waals surface area contributed by atoms with E-state index < -0.39 is 0 Å². The second-order valence-corrected chi connectivity index (χ2v) is 6.81. The summed E-state index contributed by atoms with van der Waals surface area (Å²) in [5, 5.41) is 0.528. The first-order valence-corrected chi connectivity index (χ1v) is 7.12. The fraction of sp³-hybridized carbons (Fsp3) is 0.417. The number of fused-ring (bicyclic) bond motifs is 1. The van der Waals surface area contributed by atoms with Crippen LogP contribution in [0, 0.1) is 0 Å². The average Bonchev–Trinajstić information content (AvgIpc) is 2.57. The first-order valence-electron chi connectivity index (χ1n) is 5.43. The van der Waals surface area contributed by atoms with E-state index in [2.05, 4.69) is 37.0 Å². The van der Waals surface area contributed by atoms with Crippen molar-refractivity contribution in [3.05, 3.63) is 24.3 Å². The number of nitrogens with two attached hydrogens (primary N) is 1. The van der Waals surface area contributed by atoms with Gasteiger partial charge < -0.3 is 5.73 Å². The Labute approximate surface area is 104 Å². The Kier molecular flexibility index (Phi) is 3.84. The highest BCUT2D eigenvalue weighted by Gasteiger charge is 2.10. The molecule has 2 N–H and O–H groups in total. The minimum Gasteiger partial charge on any atom is -0.328 e. The molecule has 16 heavy (non-hydrogen) atoms. The molecule has 86 valence electrons. The number of rotatable bonds is 4. The van der Waals surface area contributed by atoms with Gasteiger partial charge in [0.2, 0.25) is 0 Å². The van der Waals surface area contributed by atoms with Gasteiger partial charge in [-0.05, 0) is 25.5 Å². The summed E-state index contributed by atoms with van der Waals surface area (Å²) >= 11 is 3.59. The lowest BCUT2D eigenvalue weighted by atomic mass is 10.2. The van der Waals surface area contributed by atoms with Crippen LogP contribution in [0.1, 0.15) is 20.3 Å². The number of thioether (sulfide) groups is 1. The van der Waals surface area contributed by atoms with Crippen LogP contribution in [0.25, 0.3) is 10.2 Å². The molecule has 0 spiro atoms. The number of aromatic nitrogens is 1. The molecule has 4 heteroatoms. The van der Waals surface area contributed by atoms with Crippen molar-refractivity contribution in [2.24, 2.45) is 5.73 Å². The predicted octanol–water partition coefficient (Wildman–Crippen LogP) is 3.51. The summed E-state index contributed by atoms with van der Waals surface area (Å²) in [5.74, 6) is 0. The summed E-state index contributed by atoms with van der Waals surface area (Å²) in [6.45, 7) is 4.26. The Bertz CT molecular complexity index is 432. The normalized spacial score (nSPS) is 15.2. The van der Waals surface area contributed by atoms with Crippen LogP contribution in [0.4, 0.5) is 0 Å². The van der Waals surface area contributed by atoms with Crippen LogP contribution >= 0.6 is 23.1 Å². The lowest BCUT2D eigenvalue weighted by Crippen LogP contribution is -2.19. The SMILES string of the molecule is CC(N)CC(C)Sc1nc2ccccc2s1. The van der Waals surface area contributed by atoms with Gasteiger partial charge in [-0.1, -0.05) is 30.8 Å². The Morgan fingerprint density at radius 2 is 2.12 bits per heavy atom. The molecule has 0 saturated heterocycles. The zero-order valence-corrected chi connectivity index (χ0v) is 11.1. The zero-order chi connectivity index (χ0) is 11.5. The largest absolute Gasteiger partial charge is 0.328 e. The van der Waals surface area contributed by atoms with Gasteiger partial charge in [-0.15, -0.1) is 11.3 Å². The molecule has 2 rings (SSSR count). The third-order valence-electron chi connectivity index (χ3n) is 2.28. The third-order valence-corrected chi connectivity index (χ3v) is 4.54. The molecule has 0 bridgehead atoms. The molecule has 1 aromatic carbocycles. The number of nitrogens with zero attached hydrogens (tertiary/aromatic N) is 1. The fourth-order valence-electron chi connectivity index (χ4n) is 1.65. The molecule has 1 aromatic heterocycles. The van der Waals surface area contributed by atoms with Gasteiger partial charge in [-0.2, -0.15) is 0 Å². The maximum atomic E-state index is 5.79. The molecule has 2 atom stereocenters. The van der Waals surface area contributed by atoms with E-state index >= 15 is 0 Å². The first kappa shape index (κ1) is 11.9. The van der Waals surface area contributed by atoms with Crippen molar-refractivity contribution in [2.45, 2.75) is 35.9 Å². The molecule has 0 aliphatic rings. The molecule has 0 aliphatic carbocycles. The molecule has 2 nitrogen and oxygen atoms in total. The molecule has 1 heterocycles. The first-order chi connectivity index (χ1) is 7.65. The number of hydrogen-bond donors (Lipinski definition) is 1. The average molecular weight is 252 g/mol. The molecule has 0 aliphatic heterocycles. The van der Waals surface area contributed by atoms with E-state index in [0.717, 1.165) is 16.3 Å². The summed E-state index contributed by atoms with van der Waals surface area (Å²) in [7, 11) is 0. The summed E-state index contributed by atoms with van der Waals surface area (Å²) < 4.78 is 2.41. The van der Waals surface area contributed by atoms with Crippen molar-refractivity contribution in [1.29, 1.82) is 0 Å². The van der Waals surface area contributed by atoms with Crippen molar-refractivity contribution < 1.29 is 0 Å². The van der Waals surface area contributed by atoms with Crippen molar-refractivity contribution in [1.82, 2.24) is 4.98 Å². The Hall–Kier alpha value is -0.580. The quantitative estimate of drug-likeness (QED) is 0.846. The van der Waals surface area contributed by atoms with Gasteiger partial charge in [0.15, 0.2) is 4.34 Å². The van der Waals surface area contributed by atoms with E-state index in [1.54, 1.807) is 11.3 Å². The van der Waals surface area contributed by atoms with Gasteiger partial charge >= 0.3 is 0 Å². The second-order valence-electron chi connectivity index (χ2n) is 4.09. The lowest BCUT2D eigenvalue weighted by molar-refractivity contribution is 0.663. The van der Waals surface area contributed by atoms with E-state index in [9.17, 15) is 0 Å². The molecular weight excluding hydrogens is 236 g/mol. The molecule has 0 radical (unpaired) electrons. The highest BCUT2D eigenvalue weighted by atomic mass is 32.2. The van der Waals surface area contributed by atoms with Crippen molar-refractivity contribution in [3.8, 4) is 0 Å². The number of para-hydroxylation sites is 1. The van der Waals surface area contributed by atoms with E-state index in [1.807, 2.05) is 17.8 Å². The van der Waals surface area contributed by atoms with Crippen molar-refractivity contribution in [3.63, 3.8) is 0 Å². The van der Waals surface area contributed by atoms with Crippen molar-refractivity contribution in [2.75, 3.05) is 0 Å². The molecular formula is C12H16N2S2.